The van der Waals surface area contributed by atoms with E-state index < -0.39 is 4.92 Å². The first-order chi connectivity index (χ1) is 10.2. The van der Waals surface area contributed by atoms with Gasteiger partial charge in [-0.3, -0.25) is 14.8 Å². The molecule has 0 fully saturated rings. The topological polar surface area (TPSA) is 124 Å². The van der Waals surface area contributed by atoms with Crippen LogP contribution in [-0.2, 0) is 6.54 Å². The summed E-state index contributed by atoms with van der Waals surface area (Å²) < 4.78 is 1.69. The number of hydrogen-bond donors (Lipinski definition) is 2. The molecular weight excluding hydrogens is 276 g/mol. The number of aromatic nitrogens is 5. The maximum atomic E-state index is 11.0. The first kappa shape index (κ1) is 14.6. The number of nitro groups is 1. The lowest BCUT2D eigenvalue weighted by Gasteiger charge is -2.08. The van der Waals surface area contributed by atoms with Crippen LogP contribution in [0.3, 0.4) is 0 Å². The van der Waals surface area contributed by atoms with Gasteiger partial charge in [0.05, 0.1) is 11.1 Å². The minimum absolute atomic E-state index is 0.141. The van der Waals surface area contributed by atoms with Crippen LogP contribution in [0.4, 0.5) is 17.5 Å². The second-order valence-corrected chi connectivity index (χ2v) is 4.16. The smallest absolute Gasteiger partial charge is 0.329 e. The number of rotatable bonds is 8. The van der Waals surface area contributed by atoms with Gasteiger partial charge in [0.25, 0.3) is 0 Å². The molecule has 0 aliphatic heterocycles. The van der Waals surface area contributed by atoms with Crippen molar-refractivity contribution in [2.24, 2.45) is 0 Å². The molecule has 0 spiro atoms. The molecule has 2 N–H and O–H groups in total. The Morgan fingerprint density at radius 3 is 2.95 bits per heavy atom. The van der Waals surface area contributed by atoms with E-state index in [9.17, 15) is 10.1 Å². The van der Waals surface area contributed by atoms with Gasteiger partial charge >= 0.3 is 5.69 Å². The summed E-state index contributed by atoms with van der Waals surface area (Å²) in [7, 11) is 0. The molecule has 2 aromatic rings. The fraction of sp³-hybridized carbons (Fsp3) is 0.455. The van der Waals surface area contributed by atoms with E-state index in [1.54, 1.807) is 17.1 Å². The molecular formula is C11H16N8O2. The molecule has 0 saturated heterocycles. The van der Waals surface area contributed by atoms with Gasteiger partial charge in [-0.2, -0.15) is 4.98 Å². The van der Waals surface area contributed by atoms with Crippen LogP contribution in [0.25, 0.3) is 0 Å². The number of hydrogen-bond acceptors (Lipinski definition) is 8. The Kier molecular flexibility index (Phi) is 4.96. The molecule has 112 valence electrons. The van der Waals surface area contributed by atoms with Crippen LogP contribution in [0.15, 0.2) is 18.6 Å². The molecule has 2 aromatic heterocycles. The molecule has 0 amide bonds. The fourth-order valence-corrected chi connectivity index (χ4v) is 1.68. The van der Waals surface area contributed by atoms with Crippen molar-refractivity contribution in [1.82, 2.24) is 25.0 Å². The van der Waals surface area contributed by atoms with Crippen LogP contribution in [-0.4, -0.2) is 43.0 Å². The minimum Gasteiger partial charge on any atom is -0.364 e. The van der Waals surface area contributed by atoms with Crippen LogP contribution in [0.5, 0.6) is 0 Å². The highest BCUT2D eigenvalue weighted by molar-refractivity contribution is 5.56. The van der Waals surface area contributed by atoms with E-state index >= 15 is 0 Å². The summed E-state index contributed by atoms with van der Waals surface area (Å²) in [5, 5.41) is 24.4. The predicted molar refractivity (Wildman–Crippen MR) is 76.0 cm³/mol. The van der Waals surface area contributed by atoms with E-state index in [4.69, 9.17) is 0 Å². The van der Waals surface area contributed by atoms with Crippen molar-refractivity contribution >= 4 is 17.5 Å². The summed E-state index contributed by atoms with van der Waals surface area (Å²) in [6, 6.07) is 0. The Hall–Kier alpha value is -2.78. The lowest BCUT2D eigenvalue weighted by atomic mass is 10.4. The molecule has 0 aromatic carbocycles. The highest BCUT2D eigenvalue weighted by atomic mass is 16.6. The number of anilines is 2. The maximum Gasteiger partial charge on any atom is 0.329 e. The molecule has 2 heterocycles. The van der Waals surface area contributed by atoms with E-state index in [1.807, 2.05) is 6.92 Å². The SMILES string of the molecule is CCNc1ncc([N+](=O)[O-])c(NCCCn2ccnn2)n1. The average Bonchev–Trinajstić information content (AvgIpc) is 2.97. The van der Waals surface area contributed by atoms with Crippen molar-refractivity contribution in [2.45, 2.75) is 19.9 Å². The molecule has 0 aliphatic rings. The maximum absolute atomic E-state index is 11.0. The van der Waals surface area contributed by atoms with Gasteiger partial charge in [0.2, 0.25) is 11.8 Å². The summed E-state index contributed by atoms with van der Waals surface area (Å²) in [5.74, 6) is 0.575. The average molecular weight is 292 g/mol. The third-order valence-corrected chi connectivity index (χ3v) is 2.63. The first-order valence-corrected chi connectivity index (χ1v) is 6.54. The van der Waals surface area contributed by atoms with Crippen molar-refractivity contribution in [3.63, 3.8) is 0 Å². The van der Waals surface area contributed by atoms with Gasteiger partial charge in [-0.1, -0.05) is 5.21 Å². The van der Waals surface area contributed by atoms with Crippen LogP contribution in [0.1, 0.15) is 13.3 Å². The molecule has 2 rings (SSSR count). The zero-order chi connectivity index (χ0) is 15.1. The van der Waals surface area contributed by atoms with E-state index in [0.717, 1.165) is 6.42 Å². The largest absolute Gasteiger partial charge is 0.364 e. The second-order valence-electron chi connectivity index (χ2n) is 4.16. The van der Waals surface area contributed by atoms with Crippen LogP contribution < -0.4 is 10.6 Å². The Bertz CT molecular complexity index is 586. The Morgan fingerprint density at radius 2 is 2.29 bits per heavy atom. The Labute approximate surface area is 120 Å². The summed E-state index contributed by atoms with van der Waals surface area (Å²) in [5.41, 5.74) is -0.141. The van der Waals surface area contributed by atoms with Gasteiger partial charge in [-0.15, -0.1) is 5.10 Å². The summed E-state index contributed by atoms with van der Waals surface area (Å²) >= 11 is 0. The standard InChI is InChI=1S/C11H16N8O2/c1-2-12-11-14-8-9(19(20)21)10(16-11)13-4-3-6-18-7-5-15-17-18/h5,7-8H,2-4,6H2,1H3,(H2,12,13,14,16). The highest BCUT2D eigenvalue weighted by Gasteiger charge is 2.16. The number of nitrogens with zero attached hydrogens (tertiary/aromatic N) is 6. The van der Waals surface area contributed by atoms with Gasteiger partial charge in [0.15, 0.2) is 0 Å². The Balaban J connectivity index is 1.96. The molecule has 0 atom stereocenters. The van der Waals surface area contributed by atoms with Gasteiger partial charge < -0.3 is 10.6 Å². The molecule has 0 aliphatic carbocycles. The van der Waals surface area contributed by atoms with Crippen molar-refractivity contribution in [1.29, 1.82) is 0 Å². The van der Waals surface area contributed by atoms with Crippen molar-refractivity contribution < 1.29 is 4.92 Å². The lowest BCUT2D eigenvalue weighted by Crippen LogP contribution is -2.11. The number of aryl methyl sites for hydroxylation is 1. The zero-order valence-electron chi connectivity index (χ0n) is 11.6. The summed E-state index contributed by atoms with van der Waals surface area (Å²) in [6.07, 6.45) is 5.30. The van der Waals surface area contributed by atoms with Crippen LogP contribution in [0, 0.1) is 10.1 Å². The van der Waals surface area contributed by atoms with Gasteiger partial charge in [0, 0.05) is 25.8 Å². The monoisotopic (exact) mass is 292 g/mol. The zero-order valence-corrected chi connectivity index (χ0v) is 11.6. The molecule has 21 heavy (non-hydrogen) atoms. The molecule has 0 bridgehead atoms. The lowest BCUT2D eigenvalue weighted by molar-refractivity contribution is -0.384. The number of nitrogens with one attached hydrogen (secondary N) is 2. The van der Waals surface area contributed by atoms with Gasteiger partial charge in [0.1, 0.15) is 6.20 Å². The van der Waals surface area contributed by atoms with E-state index in [-0.39, 0.29) is 11.5 Å². The molecule has 10 nitrogen and oxygen atoms in total. The van der Waals surface area contributed by atoms with E-state index in [1.165, 1.54) is 6.20 Å². The Morgan fingerprint density at radius 1 is 1.43 bits per heavy atom. The first-order valence-electron chi connectivity index (χ1n) is 6.54. The molecule has 10 heteroatoms. The fourth-order valence-electron chi connectivity index (χ4n) is 1.68. The minimum atomic E-state index is -0.504. The van der Waals surface area contributed by atoms with E-state index in [2.05, 4.69) is 30.9 Å². The predicted octanol–water partition coefficient (Wildman–Crippen LogP) is 0.910. The van der Waals surface area contributed by atoms with E-state index in [0.29, 0.717) is 25.6 Å². The second kappa shape index (κ2) is 7.12. The highest BCUT2D eigenvalue weighted by Crippen LogP contribution is 2.21. The van der Waals surface area contributed by atoms with Crippen LogP contribution in [0.2, 0.25) is 0 Å². The quantitative estimate of drug-likeness (QED) is 0.418. The third-order valence-electron chi connectivity index (χ3n) is 2.63. The van der Waals surface area contributed by atoms with Crippen molar-refractivity contribution in [3.05, 3.63) is 28.7 Å². The molecule has 0 radical (unpaired) electrons. The van der Waals surface area contributed by atoms with Crippen molar-refractivity contribution in [3.8, 4) is 0 Å². The van der Waals surface area contributed by atoms with Gasteiger partial charge in [-0.25, -0.2) is 4.98 Å². The van der Waals surface area contributed by atoms with Crippen LogP contribution >= 0.6 is 0 Å². The van der Waals surface area contributed by atoms with Crippen molar-refractivity contribution in [2.75, 3.05) is 23.7 Å². The third kappa shape index (κ3) is 4.09. The summed E-state index contributed by atoms with van der Waals surface area (Å²) in [6.45, 7) is 3.74. The normalized spacial score (nSPS) is 10.3. The van der Waals surface area contributed by atoms with Gasteiger partial charge in [-0.05, 0) is 13.3 Å². The molecule has 0 saturated carbocycles. The molecule has 0 unspecified atom stereocenters. The summed E-state index contributed by atoms with van der Waals surface area (Å²) in [4.78, 5) is 18.5.